The summed E-state index contributed by atoms with van der Waals surface area (Å²) in [4.78, 5) is 49.9. The molecule has 4 aromatic rings. The third-order valence-electron chi connectivity index (χ3n) is 6.94. The Morgan fingerprint density at radius 2 is 1.88 bits per heavy atom. The molecule has 0 bridgehead atoms. The highest BCUT2D eigenvalue weighted by molar-refractivity contribution is 7.21. The van der Waals surface area contributed by atoms with Gasteiger partial charge in [-0.15, -0.1) is 11.3 Å². The van der Waals surface area contributed by atoms with E-state index in [1.165, 1.54) is 22.3 Å². The molecule has 4 amide bonds. The van der Waals surface area contributed by atoms with Crippen LogP contribution in [0.25, 0.3) is 10.2 Å². The van der Waals surface area contributed by atoms with Crippen LogP contribution in [0.2, 0.25) is 0 Å². The van der Waals surface area contributed by atoms with Gasteiger partial charge in [0.05, 0.1) is 28.6 Å². The van der Waals surface area contributed by atoms with Crippen molar-refractivity contribution in [3.63, 3.8) is 0 Å². The third-order valence-corrected chi connectivity index (χ3v) is 8.03. The fourth-order valence-corrected chi connectivity index (χ4v) is 6.16. The summed E-state index contributed by atoms with van der Waals surface area (Å²) in [5.74, 6) is 0.567. The molecule has 1 aromatic carbocycles. The number of carbonyl (C=O) groups excluding carboxylic acids is 3. The van der Waals surface area contributed by atoms with E-state index in [1.807, 2.05) is 30.3 Å². The number of carbonyl (C=O) groups is 3. The number of hydrogen-bond donors (Lipinski definition) is 3. The van der Waals surface area contributed by atoms with Gasteiger partial charge in [-0.05, 0) is 56.0 Å². The zero-order valence-corrected chi connectivity index (χ0v) is 22.2. The predicted molar refractivity (Wildman–Crippen MR) is 153 cm³/mol. The van der Waals surface area contributed by atoms with E-state index in [4.69, 9.17) is 4.74 Å². The summed E-state index contributed by atoms with van der Waals surface area (Å²) >= 11 is 1.23. The molecule has 0 spiro atoms. The fraction of sp³-hybridized carbons (Fsp3) is 0.207. The number of hydrogen-bond acceptors (Lipinski definition) is 7. The van der Waals surface area contributed by atoms with Gasteiger partial charge in [0.2, 0.25) is 11.8 Å². The fourth-order valence-electron chi connectivity index (χ4n) is 5.14. The van der Waals surface area contributed by atoms with Gasteiger partial charge in [-0.3, -0.25) is 14.5 Å². The summed E-state index contributed by atoms with van der Waals surface area (Å²) in [7, 11) is 0. The molecule has 4 heterocycles. The Balaban J connectivity index is 1.24. The van der Waals surface area contributed by atoms with Crippen LogP contribution in [0.1, 0.15) is 35.4 Å². The Hall–Kier alpha value is -4.77. The summed E-state index contributed by atoms with van der Waals surface area (Å²) in [5, 5.41) is 9.62. The van der Waals surface area contributed by atoms with E-state index in [2.05, 4.69) is 32.5 Å². The lowest BCUT2D eigenvalue weighted by Gasteiger charge is -2.30. The molecule has 3 N–H and O–H groups in total. The lowest BCUT2D eigenvalue weighted by Crippen LogP contribution is -2.45. The molecule has 11 heteroatoms. The maximum absolute atomic E-state index is 13.4. The number of thiophene rings is 1. The monoisotopic (exact) mass is 554 g/mol. The minimum absolute atomic E-state index is 0.0232. The van der Waals surface area contributed by atoms with Crippen LogP contribution in [0, 0.1) is 0 Å². The average Bonchev–Trinajstić information content (AvgIpc) is 3.34. The zero-order valence-electron chi connectivity index (χ0n) is 21.4. The van der Waals surface area contributed by atoms with Crippen molar-refractivity contribution in [2.75, 3.05) is 10.2 Å². The topological polar surface area (TPSA) is 126 Å². The van der Waals surface area contributed by atoms with Crippen molar-refractivity contribution < 1.29 is 19.1 Å². The van der Waals surface area contributed by atoms with Crippen LogP contribution < -0.4 is 25.6 Å². The first-order chi connectivity index (χ1) is 19.5. The quantitative estimate of drug-likeness (QED) is 0.259. The van der Waals surface area contributed by atoms with Crippen molar-refractivity contribution >= 4 is 56.5 Å². The number of aromatic nitrogens is 2. The molecule has 0 radical (unpaired) electrons. The molecule has 1 saturated carbocycles. The Labute approximate surface area is 234 Å². The summed E-state index contributed by atoms with van der Waals surface area (Å²) in [6, 6.07) is 14.0. The van der Waals surface area contributed by atoms with Crippen LogP contribution in [0.4, 0.5) is 21.9 Å². The number of anilines is 3. The van der Waals surface area contributed by atoms with Crippen molar-refractivity contribution in [3.8, 4) is 11.6 Å². The van der Waals surface area contributed by atoms with Crippen molar-refractivity contribution in [1.82, 2.24) is 20.6 Å². The summed E-state index contributed by atoms with van der Waals surface area (Å²) in [6.45, 7) is 3.50. The first kappa shape index (κ1) is 25.5. The van der Waals surface area contributed by atoms with Crippen LogP contribution in [0.15, 0.2) is 73.6 Å². The van der Waals surface area contributed by atoms with E-state index in [1.54, 1.807) is 30.6 Å². The van der Waals surface area contributed by atoms with E-state index >= 15 is 0 Å². The molecule has 0 saturated heterocycles. The Kier molecular flexibility index (Phi) is 6.87. The smallest absolute Gasteiger partial charge is 0.331 e. The molecular formula is C29H26N6O4S. The number of amides is 4. The first-order valence-electron chi connectivity index (χ1n) is 13.0. The van der Waals surface area contributed by atoms with Crippen LogP contribution in [-0.2, 0) is 4.79 Å². The number of ether oxygens (including phenoxy) is 1. The first-order valence-corrected chi connectivity index (χ1v) is 13.8. The molecule has 6 rings (SSSR count). The van der Waals surface area contributed by atoms with Crippen LogP contribution in [-0.4, -0.2) is 39.9 Å². The number of para-hydroxylation sites is 1. The average molecular weight is 555 g/mol. The summed E-state index contributed by atoms with van der Waals surface area (Å²) < 4.78 is 5.78. The largest absolute Gasteiger partial charge is 0.439 e. The van der Waals surface area contributed by atoms with Crippen molar-refractivity contribution in [1.29, 1.82) is 0 Å². The van der Waals surface area contributed by atoms with Crippen LogP contribution >= 0.6 is 11.3 Å². The van der Waals surface area contributed by atoms with Gasteiger partial charge in [0.25, 0.3) is 5.91 Å². The molecule has 1 fully saturated rings. The van der Waals surface area contributed by atoms with Gasteiger partial charge >= 0.3 is 6.03 Å². The molecule has 1 aliphatic carbocycles. The van der Waals surface area contributed by atoms with Crippen LogP contribution in [0.5, 0.6) is 11.6 Å². The number of pyridine rings is 2. The highest BCUT2D eigenvalue weighted by atomic mass is 32.1. The zero-order chi connectivity index (χ0) is 27.6. The minimum atomic E-state index is -0.407. The molecular weight excluding hydrogens is 528 g/mol. The number of benzene rings is 1. The van der Waals surface area contributed by atoms with E-state index in [-0.39, 0.29) is 23.9 Å². The third kappa shape index (κ3) is 4.98. The van der Waals surface area contributed by atoms with Gasteiger partial charge in [-0.2, -0.15) is 0 Å². The maximum atomic E-state index is 13.4. The van der Waals surface area contributed by atoms with Crippen LogP contribution in [0.3, 0.4) is 0 Å². The number of nitrogens with one attached hydrogen (secondary N) is 3. The number of urea groups is 1. The highest BCUT2D eigenvalue weighted by Crippen LogP contribution is 2.45. The second-order valence-corrected chi connectivity index (χ2v) is 10.6. The van der Waals surface area contributed by atoms with E-state index in [0.717, 1.165) is 19.3 Å². The molecule has 40 heavy (non-hydrogen) atoms. The van der Waals surface area contributed by atoms with Crippen molar-refractivity contribution in [3.05, 3.63) is 78.5 Å². The lowest BCUT2D eigenvalue weighted by atomic mass is 9.91. The van der Waals surface area contributed by atoms with E-state index < -0.39 is 6.03 Å². The highest BCUT2D eigenvalue weighted by Gasteiger charge is 2.34. The van der Waals surface area contributed by atoms with Gasteiger partial charge in [-0.1, -0.05) is 24.8 Å². The Morgan fingerprint density at radius 3 is 2.62 bits per heavy atom. The molecule has 10 nitrogen and oxygen atoms in total. The minimum Gasteiger partial charge on any atom is -0.439 e. The SMILES string of the molecule is C=CC(=O)N[C@@H]1CCC[C@@H](NC(=O)c2sc3nccc4c3c2NC(=O)N4c2ccc(Oc3ccccc3)nc2)C1. The number of nitrogens with zero attached hydrogens (tertiary/aromatic N) is 3. The van der Waals surface area contributed by atoms with E-state index in [9.17, 15) is 14.4 Å². The molecule has 3 aromatic heterocycles. The molecule has 2 aliphatic rings. The Bertz CT molecular complexity index is 1600. The lowest BCUT2D eigenvalue weighted by molar-refractivity contribution is -0.117. The summed E-state index contributed by atoms with van der Waals surface area (Å²) in [5.41, 5.74) is 1.61. The second-order valence-electron chi connectivity index (χ2n) is 9.60. The molecule has 2 atom stereocenters. The molecule has 0 unspecified atom stereocenters. The maximum Gasteiger partial charge on any atom is 0.331 e. The normalized spacial score (nSPS) is 18.1. The van der Waals surface area contributed by atoms with Gasteiger partial charge in [0.15, 0.2) is 0 Å². The number of rotatable bonds is 7. The van der Waals surface area contributed by atoms with Gasteiger partial charge in [-0.25, -0.2) is 14.8 Å². The summed E-state index contributed by atoms with van der Waals surface area (Å²) in [6.07, 6.45) is 7.63. The second kappa shape index (κ2) is 10.8. The van der Waals surface area contributed by atoms with E-state index in [0.29, 0.717) is 50.2 Å². The van der Waals surface area contributed by atoms with Gasteiger partial charge in [0.1, 0.15) is 15.5 Å². The van der Waals surface area contributed by atoms with Gasteiger partial charge < -0.3 is 20.7 Å². The Morgan fingerprint density at radius 1 is 1.07 bits per heavy atom. The van der Waals surface area contributed by atoms with Gasteiger partial charge in [0, 0.05) is 24.3 Å². The molecule has 202 valence electrons. The molecule has 1 aliphatic heterocycles. The standard InChI is InChI=1S/C29H26N6O4S/c1-2-22(36)32-17-7-6-8-18(15-17)33-27(37)26-25-24-21(13-14-30-28(24)40-26)35(29(38)34-25)19-11-12-23(31-16-19)39-20-9-4-3-5-10-20/h2-5,9-14,16-18H,1,6-8,15H2,(H,32,36)(H,33,37)(H,34,38)/t17-,18-/m1/s1. The van der Waals surface area contributed by atoms with Crippen molar-refractivity contribution in [2.24, 2.45) is 0 Å². The van der Waals surface area contributed by atoms with Crippen molar-refractivity contribution in [2.45, 2.75) is 37.8 Å². The predicted octanol–water partition coefficient (Wildman–Crippen LogP) is 5.51.